The fourth-order valence-electron chi connectivity index (χ4n) is 3.17. The average molecular weight is 392 g/mol. The van der Waals surface area contributed by atoms with Gasteiger partial charge in [-0.25, -0.2) is 17.6 Å². The van der Waals surface area contributed by atoms with Gasteiger partial charge in [-0.15, -0.1) is 0 Å². The summed E-state index contributed by atoms with van der Waals surface area (Å²) in [6, 6.07) is 11.0. The van der Waals surface area contributed by atoms with Crippen molar-refractivity contribution in [3.8, 4) is 0 Å². The number of aromatic carboxylic acids is 1. The van der Waals surface area contributed by atoms with E-state index in [1.807, 2.05) is 25.1 Å². The maximum Gasteiger partial charge on any atom is 0.338 e. The van der Waals surface area contributed by atoms with E-state index in [0.29, 0.717) is 26.2 Å². The van der Waals surface area contributed by atoms with Gasteiger partial charge in [-0.05, 0) is 30.7 Å². The number of aryl methyl sites for hydroxylation is 1. The Morgan fingerprint density at radius 2 is 1.81 bits per heavy atom. The number of rotatable bonds is 5. The summed E-state index contributed by atoms with van der Waals surface area (Å²) >= 11 is 0. The molecule has 1 aliphatic heterocycles. The van der Waals surface area contributed by atoms with Crippen molar-refractivity contribution < 1.29 is 22.7 Å². The Hall–Kier alpha value is -2.29. The first kappa shape index (κ1) is 19.5. The lowest BCUT2D eigenvalue weighted by atomic mass is 10.1. The molecule has 1 N–H and O–H groups in total. The molecule has 0 amide bonds. The topological polar surface area (TPSA) is 77.9 Å². The number of benzene rings is 2. The fourth-order valence-corrected chi connectivity index (χ4v) is 4.62. The third-order valence-corrected chi connectivity index (χ3v) is 6.52. The first-order valence-electron chi connectivity index (χ1n) is 8.58. The lowest BCUT2D eigenvalue weighted by molar-refractivity contribution is 0.0691. The molecule has 0 aromatic heterocycles. The minimum atomic E-state index is -3.86. The monoisotopic (exact) mass is 392 g/mol. The summed E-state index contributed by atoms with van der Waals surface area (Å²) in [6.45, 7) is 4.51. The van der Waals surface area contributed by atoms with Crippen LogP contribution in [0, 0.1) is 12.7 Å². The largest absolute Gasteiger partial charge is 0.478 e. The molecule has 0 spiro atoms. The number of carboxylic acid groups (broad SMARTS) is 1. The molecule has 0 radical (unpaired) electrons. The van der Waals surface area contributed by atoms with Crippen LogP contribution in [-0.4, -0.2) is 54.9 Å². The molecule has 1 fully saturated rings. The van der Waals surface area contributed by atoms with Crippen molar-refractivity contribution >= 4 is 16.0 Å². The molecule has 0 unspecified atom stereocenters. The van der Waals surface area contributed by atoms with E-state index in [-0.39, 0.29) is 4.90 Å². The average Bonchev–Trinajstić information content (AvgIpc) is 2.62. The van der Waals surface area contributed by atoms with Crippen LogP contribution in [0.1, 0.15) is 21.5 Å². The van der Waals surface area contributed by atoms with E-state index in [9.17, 15) is 17.6 Å². The summed E-state index contributed by atoms with van der Waals surface area (Å²) in [5, 5.41) is 9.01. The number of nitrogens with zero attached hydrogens (tertiary/aromatic N) is 2. The number of carboxylic acids is 1. The Morgan fingerprint density at radius 3 is 2.44 bits per heavy atom. The zero-order valence-electron chi connectivity index (χ0n) is 14.9. The number of sulfonamides is 1. The molecule has 2 aromatic rings. The molecule has 27 heavy (non-hydrogen) atoms. The van der Waals surface area contributed by atoms with Gasteiger partial charge in [-0.3, -0.25) is 4.90 Å². The zero-order valence-corrected chi connectivity index (χ0v) is 15.7. The van der Waals surface area contributed by atoms with Crippen LogP contribution in [0.25, 0.3) is 0 Å². The summed E-state index contributed by atoms with van der Waals surface area (Å²) in [4.78, 5) is 13.0. The van der Waals surface area contributed by atoms with Gasteiger partial charge in [0.25, 0.3) is 0 Å². The highest BCUT2D eigenvalue weighted by Gasteiger charge is 2.29. The van der Waals surface area contributed by atoms with Crippen molar-refractivity contribution in [1.29, 1.82) is 0 Å². The van der Waals surface area contributed by atoms with E-state index >= 15 is 0 Å². The van der Waals surface area contributed by atoms with E-state index < -0.39 is 27.4 Å². The zero-order chi connectivity index (χ0) is 19.6. The molecule has 1 saturated heterocycles. The van der Waals surface area contributed by atoms with Gasteiger partial charge >= 0.3 is 5.97 Å². The minimum Gasteiger partial charge on any atom is -0.478 e. The SMILES string of the molecule is Cc1cccc(CN2CCN(S(=O)(=O)c3ccc(F)c(C(=O)O)c3)CC2)c1. The number of piperazine rings is 1. The van der Waals surface area contributed by atoms with Gasteiger partial charge in [0.1, 0.15) is 5.82 Å². The predicted octanol–water partition coefficient (Wildman–Crippen LogP) is 2.34. The molecule has 0 atom stereocenters. The third-order valence-electron chi connectivity index (χ3n) is 4.63. The Kier molecular flexibility index (Phi) is 5.59. The van der Waals surface area contributed by atoms with E-state index in [0.717, 1.165) is 24.7 Å². The van der Waals surface area contributed by atoms with Crippen molar-refractivity contribution in [2.24, 2.45) is 0 Å². The summed E-state index contributed by atoms with van der Waals surface area (Å²) in [7, 11) is -3.86. The second kappa shape index (κ2) is 7.75. The van der Waals surface area contributed by atoms with Crippen LogP contribution in [0.3, 0.4) is 0 Å². The van der Waals surface area contributed by atoms with E-state index in [1.165, 1.54) is 15.4 Å². The van der Waals surface area contributed by atoms with Crippen LogP contribution in [0.2, 0.25) is 0 Å². The lowest BCUT2D eigenvalue weighted by Gasteiger charge is -2.34. The smallest absolute Gasteiger partial charge is 0.338 e. The lowest BCUT2D eigenvalue weighted by Crippen LogP contribution is -2.48. The molecule has 2 aromatic carbocycles. The van der Waals surface area contributed by atoms with Crippen molar-refractivity contribution in [3.63, 3.8) is 0 Å². The van der Waals surface area contributed by atoms with Crippen LogP contribution in [0.4, 0.5) is 4.39 Å². The Balaban J connectivity index is 1.69. The van der Waals surface area contributed by atoms with Crippen LogP contribution < -0.4 is 0 Å². The molecule has 1 heterocycles. The molecule has 8 heteroatoms. The van der Waals surface area contributed by atoms with Crippen molar-refractivity contribution in [1.82, 2.24) is 9.21 Å². The van der Waals surface area contributed by atoms with Gasteiger partial charge in [-0.2, -0.15) is 4.31 Å². The van der Waals surface area contributed by atoms with E-state index in [1.54, 1.807) is 0 Å². The van der Waals surface area contributed by atoms with Crippen LogP contribution in [0.15, 0.2) is 47.4 Å². The number of hydrogen-bond acceptors (Lipinski definition) is 4. The number of hydrogen-bond donors (Lipinski definition) is 1. The summed E-state index contributed by atoms with van der Waals surface area (Å²) in [5.74, 6) is -2.45. The Morgan fingerprint density at radius 1 is 1.11 bits per heavy atom. The van der Waals surface area contributed by atoms with Gasteiger partial charge in [0.05, 0.1) is 10.5 Å². The Labute approximate surface area is 157 Å². The second-order valence-electron chi connectivity index (χ2n) is 6.62. The first-order valence-corrected chi connectivity index (χ1v) is 10.0. The number of halogens is 1. The number of carbonyl (C=O) groups is 1. The maximum absolute atomic E-state index is 13.5. The molecule has 0 bridgehead atoms. The van der Waals surface area contributed by atoms with E-state index in [4.69, 9.17) is 5.11 Å². The quantitative estimate of drug-likeness (QED) is 0.845. The minimum absolute atomic E-state index is 0.201. The summed E-state index contributed by atoms with van der Waals surface area (Å²) < 4.78 is 40.4. The van der Waals surface area contributed by atoms with Gasteiger partial charge in [0, 0.05) is 32.7 Å². The van der Waals surface area contributed by atoms with Crippen molar-refractivity contribution in [2.45, 2.75) is 18.4 Å². The maximum atomic E-state index is 13.5. The summed E-state index contributed by atoms with van der Waals surface area (Å²) in [5.41, 5.74) is 1.71. The summed E-state index contributed by atoms with van der Waals surface area (Å²) in [6.07, 6.45) is 0. The second-order valence-corrected chi connectivity index (χ2v) is 8.55. The molecule has 144 valence electrons. The standard InChI is InChI=1S/C19H21FN2O4S/c1-14-3-2-4-15(11-14)13-21-7-9-22(10-8-21)27(25,26)16-5-6-18(20)17(12-16)19(23)24/h2-6,11-12H,7-10,13H2,1H3,(H,23,24). The van der Waals surface area contributed by atoms with Gasteiger partial charge in [0.2, 0.25) is 10.0 Å². The van der Waals surface area contributed by atoms with Crippen LogP contribution in [-0.2, 0) is 16.6 Å². The fraction of sp³-hybridized carbons (Fsp3) is 0.316. The highest BCUT2D eigenvalue weighted by molar-refractivity contribution is 7.89. The van der Waals surface area contributed by atoms with Crippen molar-refractivity contribution in [2.75, 3.05) is 26.2 Å². The molecule has 0 saturated carbocycles. The van der Waals surface area contributed by atoms with Crippen molar-refractivity contribution in [3.05, 3.63) is 65.0 Å². The van der Waals surface area contributed by atoms with Crippen LogP contribution in [0.5, 0.6) is 0 Å². The molecular weight excluding hydrogens is 371 g/mol. The molecule has 6 nitrogen and oxygen atoms in total. The molecular formula is C19H21FN2O4S. The van der Waals surface area contributed by atoms with Crippen LogP contribution >= 0.6 is 0 Å². The first-order chi connectivity index (χ1) is 12.8. The molecule has 3 rings (SSSR count). The van der Waals surface area contributed by atoms with Gasteiger partial charge in [0.15, 0.2) is 0 Å². The predicted molar refractivity (Wildman–Crippen MR) is 98.6 cm³/mol. The molecule has 1 aliphatic rings. The highest BCUT2D eigenvalue weighted by atomic mass is 32.2. The normalized spacial score (nSPS) is 16.4. The highest BCUT2D eigenvalue weighted by Crippen LogP contribution is 2.21. The van der Waals surface area contributed by atoms with Gasteiger partial charge < -0.3 is 5.11 Å². The van der Waals surface area contributed by atoms with Gasteiger partial charge in [-0.1, -0.05) is 29.8 Å². The Bertz CT molecular complexity index is 954. The molecule has 0 aliphatic carbocycles. The van der Waals surface area contributed by atoms with E-state index in [2.05, 4.69) is 11.0 Å². The third kappa shape index (κ3) is 4.35.